The molecule has 0 saturated heterocycles. The minimum absolute atomic E-state index is 0.451. The molecule has 2 rings (SSSR count). The first-order chi connectivity index (χ1) is 8.08. The number of thioether (sulfide) groups is 1. The van der Waals surface area contributed by atoms with Crippen LogP contribution in [0, 0.1) is 0 Å². The highest BCUT2D eigenvalue weighted by Gasteiger charge is 2.41. The molecule has 1 aliphatic carbocycles. The Hall–Kier alpha value is -0.510. The first-order valence-corrected chi connectivity index (χ1v) is 7.34. The van der Waals surface area contributed by atoms with Gasteiger partial charge in [0, 0.05) is 17.8 Å². The molecule has 1 saturated carbocycles. The van der Waals surface area contributed by atoms with E-state index in [0.29, 0.717) is 11.3 Å². The second-order valence-electron chi connectivity index (χ2n) is 5.13. The van der Waals surface area contributed by atoms with Crippen LogP contribution in [-0.4, -0.2) is 29.2 Å². The van der Waals surface area contributed by atoms with Crippen LogP contribution in [0.2, 0.25) is 0 Å². The van der Waals surface area contributed by atoms with Crippen molar-refractivity contribution in [2.45, 2.75) is 30.1 Å². The smallest absolute Gasteiger partial charge is 0.0992 e. The molecular weight excluding hydrogens is 230 g/mol. The summed E-state index contributed by atoms with van der Waals surface area (Å²) in [7, 11) is 0. The van der Waals surface area contributed by atoms with Gasteiger partial charge in [-0.15, -0.1) is 0 Å². The zero-order valence-corrected chi connectivity index (χ0v) is 11.4. The van der Waals surface area contributed by atoms with Crippen molar-refractivity contribution in [1.82, 2.24) is 5.32 Å². The predicted octanol–water partition coefficient (Wildman–Crippen LogP) is 2.38. The second-order valence-corrected chi connectivity index (χ2v) is 6.40. The average Bonchev–Trinajstić information content (AvgIpc) is 3.11. The summed E-state index contributed by atoms with van der Waals surface area (Å²) in [6.45, 7) is 3.48. The van der Waals surface area contributed by atoms with Gasteiger partial charge in [0.1, 0.15) is 0 Å². The standard InChI is InChI=1S/C14H21NOS/c1-13(16,12-6-4-3-5-7-12)10-15-11-14(17-2)8-9-14/h3-7,15-16H,8-11H2,1-2H3. The lowest BCUT2D eigenvalue weighted by molar-refractivity contribution is 0.0571. The van der Waals surface area contributed by atoms with Gasteiger partial charge in [0.2, 0.25) is 0 Å². The van der Waals surface area contributed by atoms with Gasteiger partial charge in [-0.1, -0.05) is 30.3 Å². The highest BCUT2D eigenvalue weighted by atomic mass is 32.2. The fourth-order valence-corrected chi connectivity index (χ4v) is 2.78. The maximum atomic E-state index is 10.4. The van der Waals surface area contributed by atoms with Gasteiger partial charge in [-0.05, 0) is 31.6 Å². The summed E-state index contributed by atoms with van der Waals surface area (Å²) < 4.78 is 0.451. The Bertz CT molecular complexity index is 360. The Morgan fingerprint density at radius 3 is 2.53 bits per heavy atom. The van der Waals surface area contributed by atoms with Crippen LogP contribution in [0.1, 0.15) is 25.3 Å². The normalized spacial score (nSPS) is 20.9. The molecule has 1 aromatic carbocycles. The Balaban J connectivity index is 1.85. The Morgan fingerprint density at radius 2 is 2.00 bits per heavy atom. The Kier molecular flexibility index (Phi) is 3.81. The number of benzene rings is 1. The van der Waals surface area contributed by atoms with Crippen LogP contribution < -0.4 is 5.32 Å². The molecule has 3 heteroatoms. The molecular formula is C14H21NOS. The van der Waals surface area contributed by atoms with Crippen molar-refractivity contribution in [2.24, 2.45) is 0 Å². The Morgan fingerprint density at radius 1 is 1.35 bits per heavy atom. The summed E-state index contributed by atoms with van der Waals surface area (Å²) in [4.78, 5) is 0. The van der Waals surface area contributed by atoms with Crippen molar-refractivity contribution in [1.29, 1.82) is 0 Å². The van der Waals surface area contributed by atoms with Crippen molar-refractivity contribution in [3.63, 3.8) is 0 Å². The molecule has 1 aliphatic rings. The number of nitrogens with one attached hydrogen (secondary N) is 1. The van der Waals surface area contributed by atoms with Crippen LogP contribution >= 0.6 is 11.8 Å². The third-order valence-corrected chi connectivity index (χ3v) is 4.97. The van der Waals surface area contributed by atoms with Crippen LogP contribution in [-0.2, 0) is 5.60 Å². The molecule has 1 atom stereocenters. The van der Waals surface area contributed by atoms with E-state index in [1.807, 2.05) is 49.0 Å². The van der Waals surface area contributed by atoms with Gasteiger partial charge in [-0.3, -0.25) is 0 Å². The lowest BCUT2D eigenvalue weighted by Gasteiger charge is -2.25. The van der Waals surface area contributed by atoms with E-state index in [1.54, 1.807) is 0 Å². The van der Waals surface area contributed by atoms with E-state index in [9.17, 15) is 5.11 Å². The van der Waals surface area contributed by atoms with Gasteiger partial charge in [-0.25, -0.2) is 0 Å². The summed E-state index contributed by atoms with van der Waals surface area (Å²) in [5.41, 5.74) is 0.192. The number of hydrogen-bond donors (Lipinski definition) is 2. The first-order valence-electron chi connectivity index (χ1n) is 6.12. The highest BCUT2D eigenvalue weighted by Crippen LogP contribution is 2.46. The van der Waals surface area contributed by atoms with Gasteiger partial charge in [0.15, 0.2) is 0 Å². The molecule has 1 unspecified atom stereocenters. The Labute approximate surface area is 108 Å². The lowest BCUT2D eigenvalue weighted by Crippen LogP contribution is -2.38. The maximum absolute atomic E-state index is 10.4. The van der Waals surface area contributed by atoms with Crippen molar-refractivity contribution >= 4 is 11.8 Å². The zero-order valence-electron chi connectivity index (χ0n) is 10.6. The number of rotatable bonds is 6. The molecule has 2 N–H and O–H groups in total. The molecule has 0 amide bonds. The topological polar surface area (TPSA) is 32.3 Å². The van der Waals surface area contributed by atoms with Crippen LogP contribution in [0.5, 0.6) is 0 Å². The van der Waals surface area contributed by atoms with E-state index in [0.717, 1.165) is 12.1 Å². The maximum Gasteiger partial charge on any atom is 0.0992 e. The van der Waals surface area contributed by atoms with Crippen LogP contribution in [0.4, 0.5) is 0 Å². The zero-order chi connectivity index (χ0) is 12.4. The third kappa shape index (κ3) is 3.24. The number of aliphatic hydroxyl groups is 1. The summed E-state index contributed by atoms with van der Waals surface area (Å²) in [6.07, 6.45) is 4.77. The molecule has 1 fully saturated rings. The fourth-order valence-electron chi connectivity index (χ4n) is 2.03. The first kappa shape index (κ1) is 12.9. The fraction of sp³-hybridized carbons (Fsp3) is 0.571. The average molecular weight is 251 g/mol. The molecule has 0 spiro atoms. The van der Waals surface area contributed by atoms with Crippen LogP contribution in [0.25, 0.3) is 0 Å². The van der Waals surface area contributed by atoms with E-state index in [2.05, 4.69) is 11.6 Å². The van der Waals surface area contributed by atoms with Gasteiger partial charge in [0.25, 0.3) is 0 Å². The minimum Gasteiger partial charge on any atom is -0.384 e. The van der Waals surface area contributed by atoms with Crippen LogP contribution in [0.3, 0.4) is 0 Å². The third-order valence-electron chi connectivity index (χ3n) is 3.55. The predicted molar refractivity (Wildman–Crippen MR) is 74.4 cm³/mol. The molecule has 0 bridgehead atoms. The summed E-state index contributed by atoms with van der Waals surface area (Å²) in [5, 5.41) is 13.8. The van der Waals surface area contributed by atoms with E-state index < -0.39 is 5.60 Å². The molecule has 1 aromatic rings. The van der Waals surface area contributed by atoms with Crippen LogP contribution in [0.15, 0.2) is 30.3 Å². The SMILES string of the molecule is CSC1(CNCC(C)(O)c2ccccc2)CC1. The monoisotopic (exact) mass is 251 g/mol. The lowest BCUT2D eigenvalue weighted by atomic mass is 9.96. The van der Waals surface area contributed by atoms with Gasteiger partial charge >= 0.3 is 0 Å². The van der Waals surface area contributed by atoms with E-state index in [4.69, 9.17) is 0 Å². The van der Waals surface area contributed by atoms with Gasteiger partial charge in [-0.2, -0.15) is 11.8 Å². The largest absolute Gasteiger partial charge is 0.384 e. The van der Waals surface area contributed by atoms with Crippen molar-refractivity contribution in [2.75, 3.05) is 19.3 Å². The van der Waals surface area contributed by atoms with Crippen molar-refractivity contribution < 1.29 is 5.11 Å². The molecule has 0 radical (unpaired) electrons. The molecule has 0 heterocycles. The van der Waals surface area contributed by atoms with Gasteiger partial charge < -0.3 is 10.4 Å². The summed E-state index contributed by atoms with van der Waals surface area (Å²) >= 11 is 1.94. The molecule has 94 valence electrons. The molecule has 0 aliphatic heterocycles. The minimum atomic E-state index is -0.782. The summed E-state index contributed by atoms with van der Waals surface area (Å²) in [5.74, 6) is 0. The van der Waals surface area contributed by atoms with E-state index >= 15 is 0 Å². The quantitative estimate of drug-likeness (QED) is 0.814. The summed E-state index contributed by atoms with van der Waals surface area (Å²) in [6, 6.07) is 9.86. The van der Waals surface area contributed by atoms with Crippen molar-refractivity contribution in [3.05, 3.63) is 35.9 Å². The van der Waals surface area contributed by atoms with Gasteiger partial charge in [0.05, 0.1) is 5.60 Å². The van der Waals surface area contributed by atoms with Crippen molar-refractivity contribution in [3.8, 4) is 0 Å². The van der Waals surface area contributed by atoms with E-state index in [1.165, 1.54) is 12.8 Å². The number of hydrogen-bond acceptors (Lipinski definition) is 3. The molecule has 2 nitrogen and oxygen atoms in total. The van der Waals surface area contributed by atoms with E-state index in [-0.39, 0.29) is 0 Å². The highest BCUT2D eigenvalue weighted by molar-refractivity contribution is 8.00. The second kappa shape index (κ2) is 5.01. The molecule has 0 aromatic heterocycles. The molecule has 17 heavy (non-hydrogen) atoms.